The highest BCUT2D eigenvalue weighted by molar-refractivity contribution is 4.79. The van der Waals surface area contributed by atoms with E-state index < -0.39 is 0 Å². The smallest absolute Gasteiger partial charge is 0.0701 e. The Bertz CT molecular complexity index is 151. The van der Waals surface area contributed by atoms with Crippen LogP contribution in [0.5, 0.6) is 0 Å². The molecule has 0 atom stereocenters. The highest BCUT2D eigenvalue weighted by atomic mass is 16.6. The molecule has 2 aliphatic carbocycles. The Balaban J connectivity index is 0.000000278. The van der Waals surface area contributed by atoms with Gasteiger partial charge in [-0.3, -0.25) is 0 Å². The minimum atomic E-state index is 0.872. The summed E-state index contributed by atoms with van der Waals surface area (Å²) in [7, 11) is 0. The lowest BCUT2D eigenvalue weighted by Crippen LogP contribution is -2.40. The van der Waals surface area contributed by atoms with Crippen molar-refractivity contribution in [3.63, 3.8) is 0 Å². The van der Waals surface area contributed by atoms with Crippen LogP contribution in [0.1, 0.15) is 64.2 Å². The van der Waals surface area contributed by atoms with Gasteiger partial charge < -0.3 is 10.1 Å². The van der Waals surface area contributed by atoms with Crippen molar-refractivity contribution in [2.75, 3.05) is 13.2 Å². The summed E-state index contributed by atoms with van der Waals surface area (Å²) < 4.78 is 4.50. The first-order chi connectivity index (χ1) is 7.95. The van der Waals surface area contributed by atoms with Crippen molar-refractivity contribution >= 4 is 0 Å². The Kier molecular flexibility index (Phi) is 5.64. The van der Waals surface area contributed by atoms with Gasteiger partial charge in [-0.2, -0.15) is 0 Å². The molecule has 94 valence electrons. The second kappa shape index (κ2) is 7.29. The Morgan fingerprint density at radius 1 is 0.625 bits per heavy atom. The fourth-order valence-corrected chi connectivity index (χ4v) is 2.87. The Labute approximate surface area is 100 Å². The van der Waals surface area contributed by atoms with Gasteiger partial charge in [0.25, 0.3) is 0 Å². The average molecular weight is 225 g/mol. The fraction of sp³-hybridized carbons (Fsp3) is 1.00. The maximum absolute atomic E-state index is 4.50. The van der Waals surface area contributed by atoms with Crippen molar-refractivity contribution in [2.45, 2.75) is 76.3 Å². The number of ether oxygens (including phenoxy) is 1. The van der Waals surface area contributed by atoms with Gasteiger partial charge in [-0.1, -0.05) is 38.5 Å². The van der Waals surface area contributed by atoms with E-state index in [0.29, 0.717) is 0 Å². The Morgan fingerprint density at radius 3 is 1.31 bits per heavy atom. The zero-order chi connectivity index (χ0) is 11.1. The largest absolute Gasteiger partial charge is 0.377 e. The second-order valence-electron chi connectivity index (χ2n) is 5.45. The van der Waals surface area contributed by atoms with Crippen LogP contribution in [-0.4, -0.2) is 25.3 Å². The van der Waals surface area contributed by atoms with Crippen LogP contribution in [0.3, 0.4) is 0 Å². The normalized spacial score (nSPS) is 27.0. The highest BCUT2D eigenvalue weighted by Crippen LogP contribution is 2.22. The maximum atomic E-state index is 4.50. The van der Waals surface area contributed by atoms with Gasteiger partial charge in [0.1, 0.15) is 0 Å². The minimum Gasteiger partial charge on any atom is -0.377 e. The molecule has 2 nitrogen and oxygen atoms in total. The van der Waals surface area contributed by atoms with Gasteiger partial charge in [-0.05, 0) is 25.7 Å². The van der Waals surface area contributed by atoms with E-state index in [1.165, 1.54) is 64.2 Å². The molecule has 1 heterocycles. The molecular weight excluding hydrogens is 198 g/mol. The van der Waals surface area contributed by atoms with Gasteiger partial charge in [0, 0.05) is 12.1 Å². The van der Waals surface area contributed by atoms with Crippen molar-refractivity contribution in [1.29, 1.82) is 0 Å². The SMILES string of the molecule is C1CCC(NC2CCCCC2)CC1.C1CO1. The van der Waals surface area contributed by atoms with Gasteiger partial charge in [0.2, 0.25) is 0 Å². The van der Waals surface area contributed by atoms with Crippen LogP contribution in [0.4, 0.5) is 0 Å². The van der Waals surface area contributed by atoms with E-state index in [0.717, 1.165) is 25.3 Å². The summed E-state index contributed by atoms with van der Waals surface area (Å²) >= 11 is 0. The first kappa shape index (κ1) is 12.4. The van der Waals surface area contributed by atoms with Crippen molar-refractivity contribution in [3.8, 4) is 0 Å². The molecule has 1 aliphatic heterocycles. The standard InChI is InChI=1S/C12H23N.C2H4O/c1-3-7-11(8-4-1)13-12-9-5-2-6-10-12;1-2-3-1/h11-13H,1-10H2;1-2H2. The third-order valence-electron chi connectivity index (χ3n) is 3.89. The number of hydrogen-bond acceptors (Lipinski definition) is 2. The van der Waals surface area contributed by atoms with Crippen molar-refractivity contribution < 1.29 is 4.74 Å². The fourth-order valence-electron chi connectivity index (χ4n) is 2.87. The molecule has 0 aromatic rings. The summed E-state index contributed by atoms with van der Waals surface area (Å²) in [6, 6.07) is 1.74. The predicted molar refractivity (Wildman–Crippen MR) is 67.7 cm³/mol. The van der Waals surface area contributed by atoms with Gasteiger partial charge in [-0.25, -0.2) is 0 Å². The van der Waals surface area contributed by atoms with Gasteiger partial charge in [-0.15, -0.1) is 0 Å². The molecule has 0 bridgehead atoms. The van der Waals surface area contributed by atoms with Crippen LogP contribution >= 0.6 is 0 Å². The van der Waals surface area contributed by atoms with Gasteiger partial charge in [0.05, 0.1) is 13.2 Å². The van der Waals surface area contributed by atoms with E-state index in [1.54, 1.807) is 0 Å². The van der Waals surface area contributed by atoms with Gasteiger partial charge in [0.15, 0.2) is 0 Å². The molecule has 0 spiro atoms. The predicted octanol–water partition coefficient (Wildman–Crippen LogP) is 3.26. The van der Waals surface area contributed by atoms with E-state index in [2.05, 4.69) is 10.1 Å². The summed E-state index contributed by atoms with van der Waals surface area (Å²) in [5.74, 6) is 0. The van der Waals surface area contributed by atoms with Crippen LogP contribution in [0.2, 0.25) is 0 Å². The van der Waals surface area contributed by atoms with Crippen molar-refractivity contribution in [1.82, 2.24) is 5.32 Å². The van der Waals surface area contributed by atoms with E-state index in [1.807, 2.05) is 0 Å². The number of rotatable bonds is 2. The molecule has 0 amide bonds. The third kappa shape index (κ3) is 5.31. The summed E-state index contributed by atoms with van der Waals surface area (Å²) in [6.07, 6.45) is 14.6. The molecule has 0 unspecified atom stereocenters. The summed E-state index contributed by atoms with van der Waals surface area (Å²) in [5, 5.41) is 3.86. The first-order valence-electron chi connectivity index (χ1n) is 7.29. The number of epoxide rings is 1. The quantitative estimate of drug-likeness (QED) is 0.730. The topological polar surface area (TPSA) is 24.6 Å². The molecule has 1 N–H and O–H groups in total. The lowest BCUT2D eigenvalue weighted by Gasteiger charge is -2.30. The van der Waals surface area contributed by atoms with Gasteiger partial charge >= 0.3 is 0 Å². The molecule has 0 radical (unpaired) electrons. The summed E-state index contributed by atoms with van der Waals surface area (Å²) in [4.78, 5) is 0. The molecule has 2 heteroatoms. The van der Waals surface area contributed by atoms with E-state index in [-0.39, 0.29) is 0 Å². The monoisotopic (exact) mass is 225 g/mol. The zero-order valence-corrected chi connectivity index (χ0v) is 10.5. The zero-order valence-electron chi connectivity index (χ0n) is 10.5. The summed E-state index contributed by atoms with van der Waals surface area (Å²) in [5.41, 5.74) is 0. The maximum Gasteiger partial charge on any atom is 0.0701 e. The lowest BCUT2D eigenvalue weighted by atomic mass is 9.91. The molecular formula is C14H27NO. The average Bonchev–Trinajstić information content (AvgIpc) is 3.19. The number of nitrogens with one attached hydrogen (secondary N) is 1. The molecule has 3 fully saturated rings. The van der Waals surface area contributed by atoms with E-state index in [9.17, 15) is 0 Å². The highest BCUT2D eigenvalue weighted by Gasteiger charge is 2.19. The molecule has 0 aromatic carbocycles. The first-order valence-corrected chi connectivity index (χ1v) is 7.29. The molecule has 16 heavy (non-hydrogen) atoms. The van der Waals surface area contributed by atoms with E-state index in [4.69, 9.17) is 0 Å². The van der Waals surface area contributed by atoms with Crippen molar-refractivity contribution in [3.05, 3.63) is 0 Å². The minimum absolute atomic E-state index is 0.872. The summed E-state index contributed by atoms with van der Waals surface area (Å²) in [6.45, 7) is 2.00. The van der Waals surface area contributed by atoms with Crippen LogP contribution in [0, 0.1) is 0 Å². The third-order valence-corrected chi connectivity index (χ3v) is 3.89. The van der Waals surface area contributed by atoms with Crippen LogP contribution < -0.4 is 5.32 Å². The molecule has 3 rings (SSSR count). The Morgan fingerprint density at radius 2 is 1.00 bits per heavy atom. The van der Waals surface area contributed by atoms with Crippen LogP contribution in [0.15, 0.2) is 0 Å². The second-order valence-corrected chi connectivity index (χ2v) is 5.45. The molecule has 1 saturated heterocycles. The van der Waals surface area contributed by atoms with Crippen molar-refractivity contribution in [2.24, 2.45) is 0 Å². The Hall–Kier alpha value is -0.0800. The molecule has 3 aliphatic rings. The molecule has 0 aromatic heterocycles. The lowest BCUT2D eigenvalue weighted by molar-refractivity contribution is 0.291. The number of hydrogen-bond donors (Lipinski definition) is 1. The molecule has 2 saturated carbocycles. The van der Waals surface area contributed by atoms with Crippen LogP contribution in [-0.2, 0) is 4.74 Å². The van der Waals surface area contributed by atoms with Crippen LogP contribution in [0.25, 0.3) is 0 Å². The van der Waals surface area contributed by atoms with E-state index >= 15 is 0 Å².